The molecule has 2 atom stereocenters. The summed E-state index contributed by atoms with van der Waals surface area (Å²) in [7, 11) is 0. The third-order valence-electron chi connectivity index (χ3n) is 1.96. The Morgan fingerprint density at radius 1 is 1.50 bits per heavy atom. The van der Waals surface area contributed by atoms with Gasteiger partial charge in [-0.1, -0.05) is 0 Å². The molecule has 12 heavy (non-hydrogen) atoms. The normalized spacial score (nSPS) is 27.5. The highest BCUT2D eigenvalue weighted by Crippen LogP contribution is 2.25. The lowest BCUT2D eigenvalue weighted by Gasteiger charge is -2.18. The molecule has 1 fully saturated rings. The fourth-order valence-electron chi connectivity index (χ4n) is 1.25. The summed E-state index contributed by atoms with van der Waals surface area (Å²) in [5, 5.41) is 0. The van der Waals surface area contributed by atoms with Crippen LogP contribution in [0.2, 0.25) is 0 Å². The van der Waals surface area contributed by atoms with Gasteiger partial charge in [-0.25, -0.2) is 0 Å². The first-order valence-corrected chi connectivity index (χ1v) is 3.94. The standard InChI is InChI=1S/C7H12F3NO/c8-7(9,10)6(11)4-5-2-1-3-12-5/h5-6H,1-4,11H2/t5-,6-/m0/s1. The van der Waals surface area contributed by atoms with Crippen molar-refractivity contribution in [3.8, 4) is 0 Å². The van der Waals surface area contributed by atoms with Gasteiger partial charge in [-0.3, -0.25) is 0 Å². The summed E-state index contributed by atoms with van der Waals surface area (Å²) >= 11 is 0. The average Bonchev–Trinajstić information content (AvgIpc) is 2.37. The molecule has 1 saturated heterocycles. The van der Waals surface area contributed by atoms with Gasteiger partial charge in [0.1, 0.15) is 6.04 Å². The van der Waals surface area contributed by atoms with Crippen LogP contribution in [0.4, 0.5) is 13.2 Å². The van der Waals surface area contributed by atoms with Crippen molar-refractivity contribution in [2.45, 2.75) is 37.6 Å². The minimum atomic E-state index is -4.29. The van der Waals surface area contributed by atoms with Crippen LogP contribution in [0, 0.1) is 0 Å². The van der Waals surface area contributed by atoms with Crippen molar-refractivity contribution < 1.29 is 17.9 Å². The Morgan fingerprint density at radius 3 is 2.58 bits per heavy atom. The van der Waals surface area contributed by atoms with E-state index in [2.05, 4.69) is 0 Å². The molecule has 0 aromatic rings. The second-order valence-electron chi connectivity index (χ2n) is 3.02. The number of ether oxygens (including phenoxy) is 1. The van der Waals surface area contributed by atoms with Crippen LogP contribution in [0.1, 0.15) is 19.3 Å². The molecular formula is C7H12F3NO. The van der Waals surface area contributed by atoms with E-state index in [1.807, 2.05) is 0 Å². The van der Waals surface area contributed by atoms with Gasteiger partial charge in [0.15, 0.2) is 0 Å². The lowest BCUT2D eigenvalue weighted by atomic mass is 10.1. The van der Waals surface area contributed by atoms with Crippen molar-refractivity contribution >= 4 is 0 Å². The van der Waals surface area contributed by atoms with Gasteiger partial charge in [-0.15, -0.1) is 0 Å². The zero-order valence-electron chi connectivity index (χ0n) is 6.60. The zero-order chi connectivity index (χ0) is 9.19. The van der Waals surface area contributed by atoms with Crippen LogP contribution in [-0.4, -0.2) is 24.9 Å². The number of halogens is 3. The molecule has 1 heterocycles. The molecule has 0 aromatic heterocycles. The number of hydrogen-bond donors (Lipinski definition) is 1. The van der Waals surface area contributed by atoms with Gasteiger partial charge in [0, 0.05) is 6.61 Å². The van der Waals surface area contributed by atoms with Gasteiger partial charge < -0.3 is 10.5 Å². The maximum Gasteiger partial charge on any atom is 0.403 e. The molecule has 2 N–H and O–H groups in total. The molecule has 0 aromatic carbocycles. The van der Waals surface area contributed by atoms with Crippen molar-refractivity contribution in [2.75, 3.05) is 6.61 Å². The zero-order valence-corrected chi connectivity index (χ0v) is 6.60. The third kappa shape index (κ3) is 2.64. The summed E-state index contributed by atoms with van der Waals surface area (Å²) in [6, 6.07) is -1.74. The predicted molar refractivity (Wildman–Crippen MR) is 37.6 cm³/mol. The second kappa shape index (κ2) is 3.62. The van der Waals surface area contributed by atoms with E-state index in [0.717, 1.165) is 6.42 Å². The highest BCUT2D eigenvalue weighted by atomic mass is 19.4. The molecule has 0 unspecified atom stereocenters. The minimum Gasteiger partial charge on any atom is -0.378 e. The van der Waals surface area contributed by atoms with Crippen molar-refractivity contribution in [3.63, 3.8) is 0 Å². The topological polar surface area (TPSA) is 35.2 Å². The molecule has 1 rings (SSSR count). The Labute approximate surface area is 68.9 Å². The third-order valence-corrected chi connectivity index (χ3v) is 1.96. The first kappa shape index (κ1) is 9.80. The van der Waals surface area contributed by atoms with Crippen molar-refractivity contribution in [1.29, 1.82) is 0 Å². The van der Waals surface area contributed by atoms with E-state index in [1.165, 1.54) is 0 Å². The van der Waals surface area contributed by atoms with E-state index in [9.17, 15) is 13.2 Å². The van der Waals surface area contributed by atoms with Gasteiger partial charge in [0.2, 0.25) is 0 Å². The van der Waals surface area contributed by atoms with Crippen LogP contribution in [0.5, 0.6) is 0 Å². The Kier molecular flexibility index (Phi) is 2.95. The molecule has 0 radical (unpaired) electrons. The molecule has 0 amide bonds. The molecule has 0 spiro atoms. The van der Waals surface area contributed by atoms with Crippen molar-refractivity contribution in [2.24, 2.45) is 5.73 Å². The van der Waals surface area contributed by atoms with Crippen molar-refractivity contribution in [3.05, 3.63) is 0 Å². The minimum absolute atomic E-state index is 0.108. The van der Waals surface area contributed by atoms with Crippen LogP contribution < -0.4 is 5.73 Å². The van der Waals surface area contributed by atoms with Crippen LogP contribution in [0.3, 0.4) is 0 Å². The maximum absolute atomic E-state index is 11.9. The summed E-state index contributed by atoms with van der Waals surface area (Å²) in [4.78, 5) is 0. The Morgan fingerprint density at radius 2 is 2.17 bits per heavy atom. The summed E-state index contributed by atoms with van der Waals surface area (Å²) in [5.74, 6) is 0. The van der Waals surface area contributed by atoms with Gasteiger partial charge in [-0.2, -0.15) is 13.2 Å². The second-order valence-corrected chi connectivity index (χ2v) is 3.02. The van der Waals surface area contributed by atoms with Gasteiger partial charge in [0.05, 0.1) is 6.10 Å². The quantitative estimate of drug-likeness (QED) is 0.703. The van der Waals surface area contributed by atoms with E-state index in [1.54, 1.807) is 0 Å². The molecular weight excluding hydrogens is 171 g/mol. The molecule has 1 aliphatic rings. The number of alkyl halides is 3. The lowest BCUT2D eigenvalue weighted by Crippen LogP contribution is -2.39. The highest BCUT2D eigenvalue weighted by Gasteiger charge is 2.38. The van der Waals surface area contributed by atoms with Crippen LogP contribution in [-0.2, 0) is 4.74 Å². The molecule has 72 valence electrons. The smallest absolute Gasteiger partial charge is 0.378 e. The molecule has 2 nitrogen and oxygen atoms in total. The molecule has 1 aliphatic heterocycles. The van der Waals surface area contributed by atoms with Crippen LogP contribution in [0.25, 0.3) is 0 Å². The fraction of sp³-hybridized carbons (Fsp3) is 1.00. The Bertz CT molecular complexity index is 142. The lowest BCUT2D eigenvalue weighted by molar-refractivity contribution is -0.154. The summed E-state index contributed by atoms with van der Waals surface area (Å²) in [6.07, 6.45) is -3.14. The van der Waals surface area contributed by atoms with Crippen LogP contribution >= 0.6 is 0 Å². The van der Waals surface area contributed by atoms with E-state index in [0.29, 0.717) is 13.0 Å². The summed E-state index contributed by atoms with van der Waals surface area (Å²) in [5.41, 5.74) is 4.93. The Hall–Kier alpha value is -0.290. The first-order valence-electron chi connectivity index (χ1n) is 3.94. The average molecular weight is 183 g/mol. The van der Waals surface area contributed by atoms with E-state index in [-0.39, 0.29) is 12.5 Å². The number of nitrogens with two attached hydrogens (primary N) is 1. The first-order chi connectivity index (χ1) is 5.50. The van der Waals surface area contributed by atoms with Gasteiger partial charge in [0.25, 0.3) is 0 Å². The monoisotopic (exact) mass is 183 g/mol. The number of hydrogen-bond acceptors (Lipinski definition) is 2. The Balaban J connectivity index is 2.30. The fourth-order valence-corrected chi connectivity index (χ4v) is 1.25. The highest BCUT2D eigenvalue weighted by molar-refractivity contribution is 4.77. The largest absolute Gasteiger partial charge is 0.403 e. The van der Waals surface area contributed by atoms with Gasteiger partial charge in [-0.05, 0) is 19.3 Å². The molecule has 0 saturated carbocycles. The predicted octanol–water partition coefficient (Wildman–Crippen LogP) is 1.45. The van der Waals surface area contributed by atoms with Crippen LogP contribution in [0.15, 0.2) is 0 Å². The summed E-state index contributed by atoms with van der Waals surface area (Å²) < 4.78 is 40.8. The van der Waals surface area contributed by atoms with E-state index >= 15 is 0 Å². The molecule has 5 heteroatoms. The molecule has 0 bridgehead atoms. The maximum atomic E-state index is 11.9. The van der Waals surface area contributed by atoms with Crippen molar-refractivity contribution in [1.82, 2.24) is 0 Å². The molecule has 0 aliphatic carbocycles. The SMILES string of the molecule is N[C@@H](C[C@@H]1CCCO1)C(F)(F)F. The van der Waals surface area contributed by atoms with Gasteiger partial charge >= 0.3 is 6.18 Å². The summed E-state index contributed by atoms with van der Waals surface area (Å²) in [6.45, 7) is 0.565. The van der Waals surface area contributed by atoms with E-state index < -0.39 is 12.2 Å². The van der Waals surface area contributed by atoms with E-state index in [4.69, 9.17) is 10.5 Å². The number of rotatable bonds is 2.